The largest absolute Gasteiger partial charge is 0.310 e. The molecule has 0 N–H and O–H groups in total. The lowest BCUT2D eigenvalue weighted by Gasteiger charge is -2.26. The van der Waals surface area contributed by atoms with Crippen LogP contribution < -0.4 is 4.90 Å². The van der Waals surface area contributed by atoms with Crippen LogP contribution in [0.25, 0.3) is 76.1 Å². The number of benzene rings is 10. The first-order valence-corrected chi connectivity index (χ1v) is 17.6. The quantitative estimate of drug-likeness (QED) is 0.168. The van der Waals surface area contributed by atoms with Gasteiger partial charge in [0.1, 0.15) is 0 Å². The average molecular weight is 648 g/mol. The normalized spacial score (nSPS) is 11.5. The van der Waals surface area contributed by atoms with Gasteiger partial charge in [-0.05, 0) is 119 Å². The van der Waals surface area contributed by atoms with E-state index in [-0.39, 0.29) is 0 Å². The molecule has 10 aromatic carbocycles. The van der Waals surface area contributed by atoms with E-state index in [0.717, 1.165) is 17.1 Å². The monoisotopic (exact) mass is 647 g/mol. The van der Waals surface area contributed by atoms with Crippen LogP contribution in [0.1, 0.15) is 0 Å². The Bertz CT molecular complexity index is 2900. The summed E-state index contributed by atoms with van der Waals surface area (Å²) in [5.41, 5.74) is 8.26. The number of hydrogen-bond acceptors (Lipinski definition) is 1. The zero-order chi connectivity index (χ0) is 33.7. The van der Waals surface area contributed by atoms with Gasteiger partial charge in [0.25, 0.3) is 0 Å². The van der Waals surface area contributed by atoms with E-state index in [1.54, 1.807) is 0 Å². The van der Waals surface area contributed by atoms with Crippen molar-refractivity contribution in [3.05, 3.63) is 200 Å². The molecular weight excluding hydrogens is 615 g/mol. The summed E-state index contributed by atoms with van der Waals surface area (Å²) < 4.78 is 0. The van der Waals surface area contributed by atoms with Crippen LogP contribution in [0.5, 0.6) is 0 Å². The van der Waals surface area contributed by atoms with Crippen LogP contribution in [0.3, 0.4) is 0 Å². The van der Waals surface area contributed by atoms with E-state index < -0.39 is 0 Å². The molecule has 0 aliphatic heterocycles. The zero-order valence-corrected chi connectivity index (χ0v) is 28.0. The first kappa shape index (κ1) is 29.2. The Hall–Kier alpha value is -6.70. The minimum absolute atomic E-state index is 1.11. The number of hydrogen-bond donors (Lipinski definition) is 0. The Morgan fingerprint density at radius 2 is 0.686 bits per heavy atom. The molecule has 0 bridgehead atoms. The third-order valence-corrected chi connectivity index (χ3v) is 10.4. The maximum atomic E-state index is 2.39. The summed E-state index contributed by atoms with van der Waals surface area (Å²) in [6.07, 6.45) is 0. The Balaban J connectivity index is 1.12. The van der Waals surface area contributed by atoms with Crippen molar-refractivity contribution in [2.24, 2.45) is 0 Å². The fourth-order valence-corrected chi connectivity index (χ4v) is 7.93. The fourth-order valence-electron chi connectivity index (χ4n) is 7.93. The average Bonchev–Trinajstić information content (AvgIpc) is 3.21. The van der Waals surface area contributed by atoms with Crippen molar-refractivity contribution < 1.29 is 0 Å². The van der Waals surface area contributed by atoms with Crippen LogP contribution in [-0.4, -0.2) is 0 Å². The lowest BCUT2D eigenvalue weighted by molar-refractivity contribution is 1.29. The third-order valence-electron chi connectivity index (χ3n) is 10.4. The molecule has 0 radical (unpaired) electrons. The molecule has 0 saturated heterocycles. The van der Waals surface area contributed by atoms with Crippen molar-refractivity contribution in [3.63, 3.8) is 0 Å². The van der Waals surface area contributed by atoms with Crippen LogP contribution >= 0.6 is 0 Å². The smallest absolute Gasteiger partial charge is 0.0468 e. The van der Waals surface area contributed by atoms with Crippen LogP contribution in [0, 0.1) is 0 Å². The lowest BCUT2D eigenvalue weighted by Crippen LogP contribution is -2.10. The van der Waals surface area contributed by atoms with Gasteiger partial charge in [-0.1, -0.05) is 158 Å². The zero-order valence-electron chi connectivity index (χ0n) is 28.0. The summed E-state index contributed by atoms with van der Waals surface area (Å²) in [4.78, 5) is 2.39. The molecule has 0 atom stereocenters. The second kappa shape index (κ2) is 12.0. The Morgan fingerprint density at radius 3 is 1.37 bits per heavy atom. The first-order chi connectivity index (χ1) is 25.3. The molecule has 238 valence electrons. The van der Waals surface area contributed by atoms with Crippen molar-refractivity contribution in [2.75, 3.05) is 4.90 Å². The fraction of sp³-hybridized carbons (Fsp3) is 0. The van der Waals surface area contributed by atoms with Gasteiger partial charge in [0.05, 0.1) is 0 Å². The topological polar surface area (TPSA) is 3.24 Å². The van der Waals surface area contributed by atoms with Gasteiger partial charge in [-0.2, -0.15) is 0 Å². The summed E-state index contributed by atoms with van der Waals surface area (Å²) in [7, 11) is 0. The van der Waals surface area contributed by atoms with Gasteiger partial charge in [0.2, 0.25) is 0 Å². The highest BCUT2D eigenvalue weighted by atomic mass is 15.1. The van der Waals surface area contributed by atoms with Crippen molar-refractivity contribution in [1.82, 2.24) is 0 Å². The van der Waals surface area contributed by atoms with Crippen molar-refractivity contribution in [2.45, 2.75) is 0 Å². The summed E-state index contributed by atoms with van der Waals surface area (Å²) in [6.45, 7) is 0. The van der Waals surface area contributed by atoms with E-state index in [1.165, 1.54) is 76.1 Å². The number of nitrogens with zero attached hydrogens (tertiary/aromatic N) is 1. The van der Waals surface area contributed by atoms with E-state index >= 15 is 0 Å². The highest BCUT2D eigenvalue weighted by Gasteiger charge is 2.16. The minimum Gasteiger partial charge on any atom is -0.310 e. The molecule has 1 nitrogen and oxygen atoms in total. The summed E-state index contributed by atoms with van der Waals surface area (Å²) >= 11 is 0. The molecule has 0 aliphatic rings. The predicted molar refractivity (Wildman–Crippen MR) is 220 cm³/mol. The maximum absolute atomic E-state index is 2.39. The second-order valence-corrected chi connectivity index (χ2v) is 13.3. The van der Waals surface area contributed by atoms with E-state index in [4.69, 9.17) is 0 Å². The van der Waals surface area contributed by atoms with Gasteiger partial charge in [-0.3, -0.25) is 0 Å². The van der Waals surface area contributed by atoms with Gasteiger partial charge in [0, 0.05) is 17.1 Å². The molecule has 1 heteroatoms. The Morgan fingerprint density at radius 1 is 0.235 bits per heavy atom. The van der Waals surface area contributed by atoms with E-state index in [2.05, 4.69) is 205 Å². The highest BCUT2D eigenvalue weighted by Crippen LogP contribution is 2.41. The van der Waals surface area contributed by atoms with Gasteiger partial charge in [0.15, 0.2) is 0 Å². The Labute approximate surface area is 297 Å². The van der Waals surface area contributed by atoms with E-state index in [1.807, 2.05) is 0 Å². The molecule has 0 unspecified atom stereocenters. The van der Waals surface area contributed by atoms with E-state index in [0.29, 0.717) is 0 Å². The molecule has 0 heterocycles. The highest BCUT2D eigenvalue weighted by molar-refractivity contribution is 6.14. The van der Waals surface area contributed by atoms with Gasteiger partial charge >= 0.3 is 0 Å². The molecule has 0 amide bonds. The molecule has 0 saturated carbocycles. The molecule has 0 spiro atoms. The van der Waals surface area contributed by atoms with Crippen molar-refractivity contribution in [1.29, 1.82) is 0 Å². The lowest BCUT2D eigenvalue weighted by atomic mass is 9.93. The number of fused-ring (bicyclic) bond motifs is 7. The molecule has 10 aromatic rings. The van der Waals surface area contributed by atoms with Crippen molar-refractivity contribution >= 4 is 70.9 Å². The third kappa shape index (κ3) is 5.02. The predicted octanol–water partition coefficient (Wildman–Crippen LogP) is 14.3. The first-order valence-electron chi connectivity index (χ1n) is 17.6. The van der Waals surface area contributed by atoms with Crippen LogP contribution in [0.4, 0.5) is 17.1 Å². The maximum Gasteiger partial charge on any atom is 0.0468 e. The second-order valence-electron chi connectivity index (χ2n) is 13.3. The van der Waals surface area contributed by atoms with Crippen LogP contribution in [0.15, 0.2) is 200 Å². The van der Waals surface area contributed by atoms with Crippen LogP contribution in [-0.2, 0) is 0 Å². The van der Waals surface area contributed by atoms with Crippen molar-refractivity contribution in [3.8, 4) is 22.3 Å². The molecule has 0 fully saturated rings. The van der Waals surface area contributed by atoms with Gasteiger partial charge < -0.3 is 4.90 Å². The summed E-state index contributed by atoms with van der Waals surface area (Å²) in [6, 6.07) is 73.1. The van der Waals surface area contributed by atoms with Gasteiger partial charge in [-0.25, -0.2) is 0 Å². The standard InChI is InChI=1S/C50H33N/c1-4-14-43-34(10-1)13-9-19-44(43)36-22-27-40(28-23-36)51(42-31-26-37-21-20-35-11-2-5-15-45(35)50(37)33-42)41-29-24-38(25-30-41)49-32-39-12-3-6-16-46(39)47-17-7-8-18-48(47)49/h1-33H. The van der Waals surface area contributed by atoms with Crippen LogP contribution in [0.2, 0.25) is 0 Å². The minimum atomic E-state index is 1.11. The Kier molecular flexibility index (Phi) is 6.89. The molecular formula is C50H33N. The van der Waals surface area contributed by atoms with E-state index in [9.17, 15) is 0 Å². The summed E-state index contributed by atoms with van der Waals surface area (Å²) in [5.74, 6) is 0. The number of rotatable bonds is 5. The molecule has 10 rings (SSSR count). The molecule has 51 heavy (non-hydrogen) atoms. The summed E-state index contributed by atoms with van der Waals surface area (Å²) in [5, 5.41) is 12.6. The SMILES string of the molecule is c1ccc2c(-c3ccc(N(c4ccc(-c5cc6ccccc6c6ccccc56)cc4)c4ccc5ccc6ccccc6c5c4)cc3)cccc2c1. The van der Waals surface area contributed by atoms with Gasteiger partial charge in [-0.15, -0.1) is 0 Å². The molecule has 0 aromatic heterocycles. The number of anilines is 3. The molecule has 0 aliphatic carbocycles.